The molecule has 1 aromatic carbocycles. The topological polar surface area (TPSA) is 93.7 Å². The molecule has 4 atom stereocenters. The monoisotopic (exact) mass is 420 g/mol. The minimum Gasteiger partial charge on any atom is -0.441 e. The lowest BCUT2D eigenvalue weighted by Gasteiger charge is -2.45. The van der Waals surface area contributed by atoms with Gasteiger partial charge in [-0.3, -0.25) is 14.4 Å². The zero-order valence-electron chi connectivity index (χ0n) is 18.2. The van der Waals surface area contributed by atoms with Crippen LogP contribution in [-0.2, 0) is 23.5 Å². The summed E-state index contributed by atoms with van der Waals surface area (Å²) in [7, 11) is -2.39. The number of hydrogen-bond acceptors (Lipinski definition) is 5. The minimum atomic E-state index is -2.39. The van der Waals surface area contributed by atoms with Crippen molar-refractivity contribution in [1.82, 2.24) is 10.6 Å². The Balaban J connectivity index is 2.27. The summed E-state index contributed by atoms with van der Waals surface area (Å²) >= 11 is 0. The Hall–Kier alpha value is -2.19. The van der Waals surface area contributed by atoms with E-state index in [1.165, 1.54) is 6.92 Å². The molecule has 2 amide bonds. The fraction of sp³-hybridized carbons (Fsp3) is 0.571. The predicted octanol–water partition coefficient (Wildman–Crippen LogP) is 2.89. The van der Waals surface area contributed by atoms with E-state index in [-0.39, 0.29) is 22.9 Å². The van der Waals surface area contributed by atoms with Crippen molar-refractivity contribution in [1.29, 1.82) is 0 Å². The highest BCUT2D eigenvalue weighted by Gasteiger charge is 2.53. The van der Waals surface area contributed by atoms with Crippen molar-refractivity contribution in [2.24, 2.45) is 5.92 Å². The van der Waals surface area contributed by atoms with Crippen molar-refractivity contribution in [3.8, 4) is 0 Å². The molecule has 7 nitrogen and oxygen atoms in total. The first-order valence-electron chi connectivity index (χ1n) is 9.84. The van der Waals surface area contributed by atoms with Crippen molar-refractivity contribution in [2.75, 3.05) is 0 Å². The molecule has 1 aliphatic rings. The largest absolute Gasteiger partial charge is 0.441 e. The van der Waals surface area contributed by atoms with Gasteiger partial charge in [-0.15, -0.1) is 0 Å². The van der Waals surface area contributed by atoms with Gasteiger partial charge in [-0.2, -0.15) is 0 Å². The molecule has 0 saturated carbocycles. The molecule has 0 aliphatic carbocycles. The van der Waals surface area contributed by atoms with Gasteiger partial charge in [-0.1, -0.05) is 51.1 Å². The zero-order chi connectivity index (χ0) is 22.0. The number of esters is 1. The molecule has 2 N–H and O–H groups in total. The van der Waals surface area contributed by atoms with Crippen LogP contribution in [0.15, 0.2) is 30.3 Å². The van der Waals surface area contributed by atoms with Crippen LogP contribution in [0.4, 0.5) is 0 Å². The van der Waals surface area contributed by atoms with E-state index in [4.69, 9.17) is 9.16 Å². The van der Waals surface area contributed by atoms with Crippen molar-refractivity contribution >= 4 is 26.1 Å². The van der Waals surface area contributed by atoms with Gasteiger partial charge in [-0.25, -0.2) is 0 Å². The van der Waals surface area contributed by atoms with Crippen molar-refractivity contribution in [3.05, 3.63) is 35.9 Å². The number of nitrogens with one attached hydrogen (secondary N) is 2. The second-order valence-electron chi connectivity index (χ2n) is 9.00. The molecule has 29 heavy (non-hydrogen) atoms. The molecular weight excluding hydrogens is 388 g/mol. The molecule has 160 valence electrons. The van der Waals surface area contributed by atoms with Crippen LogP contribution in [0, 0.1) is 5.92 Å². The fourth-order valence-electron chi connectivity index (χ4n) is 2.85. The van der Waals surface area contributed by atoms with Crippen molar-refractivity contribution in [3.63, 3.8) is 0 Å². The van der Waals surface area contributed by atoms with Gasteiger partial charge in [0.2, 0.25) is 11.8 Å². The number of β-lactam (4-membered cyclic amide) rings is 1. The summed E-state index contributed by atoms with van der Waals surface area (Å²) < 4.78 is 11.5. The third kappa shape index (κ3) is 5.45. The molecule has 0 bridgehead atoms. The average Bonchev–Trinajstić information content (AvgIpc) is 2.59. The first-order chi connectivity index (χ1) is 13.3. The zero-order valence-corrected chi connectivity index (χ0v) is 19.2. The summed E-state index contributed by atoms with van der Waals surface area (Å²) in [6.07, 6.45) is -1.91. The van der Waals surface area contributed by atoms with E-state index in [1.54, 1.807) is 0 Å². The van der Waals surface area contributed by atoms with Gasteiger partial charge in [0.05, 0.1) is 6.04 Å². The van der Waals surface area contributed by atoms with Gasteiger partial charge < -0.3 is 19.8 Å². The van der Waals surface area contributed by atoms with Crippen LogP contribution in [0.2, 0.25) is 18.1 Å². The molecule has 1 fully saturated rings. The summed E-state index contributed by atoms with van der Waals surface area (Å²) in [6.45, 7) is 13.4. The molecule has 1 aromatic rings. The summed E-state index contributed by atoms with van der Waals surface area (Å²) in [6, 6.07) is 9.29. The summed E-state index contributed by atoms with van der Waals surface area (Å²) in [4.78, 5) is 36.9. The Bertz CT molecular complexity index is 760. The van der Waals surface area contributed by atoms with Gasteiger partial charge in [0.15, 0.2) is 14.5 Å². The highest BCUT2D eigenvalue weighted by Crippen LogP contribution is 2.39. The minimum absolute atomic E-state index is 0.159. The van der Waals surface area contributed by atoms with E-state index in [0.29, 0.717) is 0 Å². The fourth-order valence-corrected chi connectivity index (χ4v) is 4.09. The number of amides is 2. The smallest absolute Gasteiger partial charge is 0.304 e. The molecule has 0 spiro atoms. The van der Waals surface area contributed by atoms with E-state index >= 15 is 0 Å². The third-order valence-electron chi connectivity index (χ3n) is 5.68. The third-order valence-corrected chi connectivity index (χ3v) is 10.1. The van der Waals surface area contributed by atoms with Gasteiger partial charge in [0.1, 0.15) is 12.0 Å². The highest BCUT2D eigenvalue weighted by atomic mass is 28.4. The van der Waals surface area contributed by atoms with Crippen molar-refractivity contribution < 1.29 is 23.5 Å². The van der Waals surface area contributed by atoms with Crippen LogP contribution >= 0.6 is 0 Å². The summed E-state index contributed by atoms with van der Waals surface area (Å²) in [5.41, 5.74) is 0.946. The SMILES string of the molecule is CC(=O)O[C@@H]1NC(=O)[C@H]1[C@@H](O[Si](C)(C)C(C)(C)C)C(=O)N[C@@H](C)c1ccccc1. The number of ether oxygens (including phenoxy) is 1. The first-order valence-corrected chi connectivity index (χ1v) is 12.7. The number of carbonyl (C=O) groups is 3. The maximum absolute atomic E-state index is 13.2. The van der Waals surface area contributed by atoms with Crippen LogP contribution in [0.3, 0.4) is 0 Å². The highest BCUT2D eigenvalue weighted by molar-refractivity contribution is 6.74. The van der Waals surface area contributed by atoms with Crippen LogP contribution in [0.1, 0.15) is 46.2 Å². The standard InChI is InChI=1S/C21H32N2O5Si/c1-13(15-11-9-8-10-12-15)22-19(26)17(28-29(6,7)21(3,4)5)16-18(25)23-20(16)27-14(2)24/h8-13,16-17,20H,1-7H3,(H,22,26)(H,23,25)/t13-,16+,17+,20-/m0/s1. The second kappa shape index (κ2) is 8.67. The molecule has 2 rings (SSSR count). The Labute approximate surface area is 173 Å². The Morgan fingerprint density at radius 3 is 2.24 bits per heavy atom. The molecule has 1 aliphatic heterocycles. The molecule has 1 saturated heterocycles. The van der Waals surface area contributed by atoms with E-state index in [9.17, 15) is 14.4 Å². The van der Waals surface area contributed by atoms with E-state index in [1.807, 2.05) is 50.3 Å². The number of benzene rings is 1. The van der Waals surface area contributed by atoms with Gasteiger partial charge >= 0.3 is 5.97 Å². The molecular formula is C21H32N2O5Si. The summed E-state index contributed by atoms with van der Waals surface area (Å²) in [5.74, 6) is -2.15. The molecule has 8 heteroatoms. The predicted molar refractivity (Wildman–Crippen MR) is 112 cm³/mol. The average molecular weight is 421 g/mol. The van der Waals surface area contributed by atoms with Crippen LogP contribution in [-0.4, -0.2) is 38.4 Å². The van der Waals surface area contributed by atoms with Gasteiger partial charge in [0, 0.05) is 6.92 Å². The Morgan fingerprint density at radius 2 is 1.76 bits per heavy atom. The first kappa shape index (κ1) is 23.1. The lowest BCUT2D eigenvalue weighted by atomic mass is 9.91. The molecule has 1 heterocycles. The van der Waals surface area contributed by atoms with Crippen molar-refractivity contribution in [2.45, 2.75) is 71.1 Å². The van der Waals surface area contributed by atoms with Gasteiger partial charge in [0.25, 0.3) is 0 Å². The number of hydrogen-bond donors (Lipinski definition) is 2. The Morgan fingerprint density at radius 1 is 1.17 bits per heavy atom. The van der Waals surface area contributed by atoms with Gasteiger partial charge in [-0.05, 0) is 30.6 Å². The van der Waals surface area contributed by atoms with Crippen LogP contribution < -0.4 is 10.6 Å². The molecule has 0 radical (unpaired) electrons. The molecule has 0 aromatic heterocycles. The lowest BCUT2D eigenvalue weighted by Crippen LogP contribution is -2.68. The number of rotatable bonds is 7. The number of carbonyl (C=O) groups excluding carboxylic acids is 3. The van der Waals surface area contributed by atoms with Crippen LogP contribution in [0.5, 0.6) is 0 Å². The second-order valence-corrected chi connectivity index (χ2v) is 13.8. The normalized spacial score (nSPS) is 21.4. The quantitative estimate of drug-likeness (QED) is 0.402. The van der Waals surface area contributed by atoms with E-state index < -0.39 is 32.5 Å². The van der Waals surface area contributed by atoms with E-state index in [2.05, 4.69) is 31.4 Å². The maximum Gasteiger partial charge on any atom is 0.304 e. The Kier molecular flexibility index (Phi) is 6.90. The van der Waals surface area contributed by atoms with Crippen LogP contribution in [0.25, 0.3) is 0 Å². The molecule has 0 unspecified atom stereocenters. The lowest BCUT2D eigenvalue weighted by molar-refractivity contribution is -0.176. The van der Waals surface area contributed by atoms with E-state index in [0.717, 1.165) is 5.56 Å². The summed E-state index contributed by atoms with van der Waals surface area (Å²) in [5, 5.41) is 5.34. The maximum atomic E-state index is 13.2.